The summed E-state index contributed by atoms with van der Waals surface area (Å²) in [4.78, 5) is 12.0. The fourth-order valence-corrected chi connectivity index (χ4v) is 2.72. The van der Waals surface area contributed by atoms with Crippen molar-refractivity contribution in [1.82, 2.24) is 0 Å². The molecule has 0 radical (unpaired) electrons. The first-order chi connectivity index (χ1) is 10.6. The van der Waals surface area contributed by atoms with Gasteiger partial charge in [-0.3, -0.25) is 4.79 Å². The number of Topliss-reactive ketones (excluding diaryl/α,β-unsaturated/α-hetero) is 1. The lowest BCUT2D eigenvalue weighted by atomic mass is 10.1. The van der Waals surface area contributed by atoms with Crippen LogP contribution in [0.3, 0.4) is 0 Å². The van der Waals surface area contributed by atoms with E-state index in [1.54, 1.807) is 31.4 Å². The summed E-state index contributed by atoms with van der Waals surface area (Å²) in [6, 6.07) is 14.2. The summed E-state index contributed by atoms with van der Waals surface area (Å²) < 4.78 is 5.64. The van der Waals surface area contributed by atoms with Crippen LogP contribution in [0.2, 0.25) is 5.02 Å². The molecule has 2 rings (SSSR count). The van der Waals surface area contributed by atoms with Gasteiger partial charge in [0.25, 0.3) is 0 Å². The van der Waals surface area contributed by atoms with Gasteiger partial charge in [-0.2, -0.15) is 0 Å². The van der Waals surface area contributed by atoms with Gasteiger partial charge in [-0.05, 0) is 48.5 Å². The number of hydrogen-bond donors (Lipinski definition) is 1. The van der Waals surface area contributed by atoms with Crippen molar-refractivity contribution in [3.05, 3.63) is 59.1 Å². The smallest absolute Gasteiger partial charge is 0.173 e. The van der Waals surface area contributed by atoms with E-state index in [2.05, 4.69) is 5.32 Å². The average molecular weight is 352 g/mol. The summed E-state index contributed by atoms with van der Waals surface area (Å²) in [6.07, 6.45) is 0. The number of hydrogen-bond acceptors (Lipinski definition) is 4. The van der Waals surface area contributed by atoms with Gasteiger partial charge < -0.3 is 10.1 Å². The van der Waals surface area contributed by atoms with Gasteiger partial charge in [-0.1, -0.05) is 35.6 Å². The number of benzene rings is 2. The van der Waals surface area contributed by atoms with Crippen molar-refractivity contribution in [2.24, 2.45) is 0 Å². The monoisotopic (exact) mass is 351 g/mol. The molecule has 0 aliphatic heterocycles. The zero-order valence-corrected chi connectivity index (χ0v) is 14.2. The fourth-order valence-electron chi connectivity index (χ4n) is 1.68. The Morgan fingerprint density at radius 2 is 1.82 bits per heavy atom. The number of carbonyl (C=O) groups excluding carboxylic acids is 1. The molecule has 0 heterocycles. The predicted octanol–water partition coefficient (Wildman–Crippen LogP) is 4.66. The second-order valence-electron chi connectivity index (χ2n) is 4.36. The molecule has 114 valence electrons. The average Bonchev–Trinajstić information content (AvgIpc) is 2.54. The van der Waals surface area contributed by atoms with Gasteiger partial charge >= 0.3 is 0 Å². The summed E-state index contributed by atoms with van der Waals surface area (Å²) >= 11 is 12.3. The van der Waals surface area contributed by atoms with Gasteiger partial charge in [0.15, 0.2) is 5.78 Å². The second kappa shape index (κ2) is 8.17. The van der Waals surface area contributed by atoms with Crippen LogP contribution in [-0.2, 0) is 0 Å². The molecule has 6 heteroatoms. The van der Waals surface area contributed by atoms with Gasteiger partial charge in [0.1, 0.15) is 10.1 Å². The number of ketones is 1. The van der Waals surface area contributed by atoms with Crippen molar-refractivity contribution in [1.29, 1.82) is 0 Å². The van der Waals surface area contributed by atoms with Crippen LogP contribution in [0.25, 0.3) is 0 Å². The summed E-state index contributed by atoms with van der Waals surface area (Å²) in [5, 5.41) is 3.69. The van der Waals surface area contributed by atoms with Crippen molar-refractivity contribution < 1.29 is 9.53 Å². The lowest BCUT2D eigenvalue weighted by Gasteiger charge is -2.08. The van der Waals surface area contributed by atoms with E-state index in [4.69, 9.17) is 28.6 Å². The van der Waals surface area contributed by atoms with E-state index in [1.807, 2.05) is 24.3 Å². The van der Waals surface area contributed by atoms with E-state index in [1.165, 1.54) is 11.8 Å². The highest BCUT2D eigenvalue weighted by Gasteiger charge is 2.08. The molecule has 0 bridgehead atoms. The van der Waals surface area contributed by atoms with Gasteiger partial charge in [0.05, 0.1) is 12.9 Å². The third kappa shape index (κ3) is 5.02. The third-order valence-electron chi connectivity index (χ3n) is 2.84. The van der Waals surface area contributed by atoms with Gasteiger partial charge in [0.2, 0.25) is 0 Å². The van der Waals surface area contributed by atoms with Crippen molar-refractivity contribution in [3.8, 4) is 5.75 Å². The van der Waals surface area contributed by atoms with Crippen molar-refractivity contribution in [2.45, 2.75) is 0 Å². The molecule has 0 unspecified atom stereocenters. The molecule has 0 fully saturated rings. The normalized spacial score (nSPS) is 10.1. The minimum absolute atomic E-state index is 0.0144. The number of carbonyl (C=O) groups is 1. The molecule has 2 aromatic carbocycles. The standard InChI is InChI=1S/C16H14ClNO2S2/c1-20-14-8-6-13(7-9-14)18-16(21)22-10-15(19)11-2-4-12(17)5-3-11/h2-9H,10H2,1H3,(H,18,21). The molecule has 0 aliphatic carbocycles. The Bertz CT molecular complexity index is 657. The van der Waals surface area contributed by atoms with Crippen molar-refractivity contribution >= 4 is 51.4 Å². The van der Waals surface area contributed by atoms with Gasteiger partial charge in [0, 0.05) is 16.3 Å². The Morgan fingerprint density at radius 3 is 2.41 bits per heavy atom. The maximum atomic E-state index is 12.0. The lowest BCUT2D eigenvalue weighted by molar-refractivity contribution is 0.102. The van der Waals surface area contributed by atoms with Crippen LogP contribution >= 0.6 is 35.6 Å². The number of methoxy groups -OCH3 is 1. The Labute approximate surface area is 144 Å². The molecule has 0 saturated heterocycles. The third-order valence-corrected chi connectivity index (χ3v) is 4.32. The molecule has 22 heavy (non-hydrogen) atoms. The van der Waals surface area contributed by atoms with Crippen LogP contribution in [0.1, 0.15) is 10.4 Å². The minimum Gasteiger partial charge on any atom is -0.497 e. The van der Waals surface area contributed by atoms with Gasteiger partial charge in [-0.25, -0.2) is 0 Å². The molecular weight excluding hydrogens is 338 g/mol. The minimum atomic E-state index is 0.0144. The van der Waals surface area contributed by atoms with Crippen LogP contribution in [-0.4, -0.2) is 23.0 Å². The topological polar surface area (TPSA) is 38.3 Å². The van der Waals surface area contributed by atoms with E-state index in [-0.39, 0.29) is 11.5 Å². The maximum absolute atomic E-state index is 12.0. The molecule has 1 N–H and O–H groups in total. The van der Waals surface area contributed by atoms with Crippen LogP contribution in [0, 0.1) is 0 Å². The van der Waals surface area contributed by atoms with Crippen molar-refractivity contribution in [2.75, 3.05) is 18.2 Å². The highest BCUT2D eigenvalue weighted by Crippen LogP contribution is 2.18. The van der Waals surface area contributed by atoms with Crippen LogP contribution < -0.4 is 10.1 Å². The number of anilines is 1. The Hall–Kier alpha value is -1.56. The summed E-state index contributed by atoms with van der Waals surface area (Å²) in [7, 11) is 1.62. The number of ether oxygens (including phenoxy) is 1. The molecule has 0 aromatic heterocycles. The Balaban J connectivity index is 1.84. The molecule has 0 aliphatic rings. The first-order valence-electron chi connectivity index (χ1n) is 6.45. The number of thiocarbonyl (C=S) groups is 1. The Morgan fingerprint density at radius 1 is 1.18 bits per heavy atom. The first-order valence-corrected chi connectivity index (χ1v) is 8.22. The number of rotatable bonds is 5. The molecule has 2 aromatic rings. The molecule has 0 saturated carbocycles. The van der Waals surface area contributed by atoms with E-state index < -0.39 is 0 Å². The van der Waals surface area contributed by atoms with Crippen molar-refractivity contribution in [3.63, 3.8) is 0 Å². The van der Waals surface area contributed by atoms with Crippen LogP contribution in [0.4, 0.5) is 5.69 Å². The maximum Gasteiger partial charge on any atom is 0.173 e. The highest BCUT2D eigenvalue weighted by atomic mass is 35.5. The lowest BCUT2D eigenvalue weighted by Crippen LogP contribution is -2.09. The summed E-state index contributed by atoms with van der Waals surface area (Å²) in [5.74, 6) is 1.08. The molecule has 0 spiro atoms. The van der Waals surface area contributed by atoms with E-state index in [9.17, 15) is 4.79 Å². The van der Waals surface area contributed by atoms with Gasteiger partial charge in [-0.15, -0.1) is 0 Å². The van der Waals surface area contributed by atoms with Crippen LogP contribution in [0.15, 0.2) is 48.5 Å². The van der Waals surface area contributed by atoms with Crippen LogP contribution in [0.5, 0.6) is 5.75 Å². The van der Waals surface area contributed by atoms with E-state index in [0.29, 0.717) is 14.9 Å². The fraction of sp³-hybridized carbons (Fsp3) is 0.125. The predicted molar refractivity (Wildman–Crippen MR) is 97.5 cm³/mol. The Kier molecular flexibility index (Phi) is 6.24. The summed E-state index contributed by atoms with van der Waals surface area (Å²) in [6.45, 7) is 0. The van der Waals surface area contributed by atoms with E-state index >= 15 is 0 Å². The van der Waals surface area contributed by atoms with E-state index in [0.717, 1.165) is 11.4 Å². The molecule has 0 atom stereocenters. The first kappa shape index (κ1) is 16.8. The zero-order valence-electron chi connectivity index (χ0n) is 11.8. The highest BCUT2D eigenvalue weighted by molar-refractivity contribution is 8.23. The zero-order chi connectivity index (χ0) is 15.9. The number of halogens is 1. The molecule has 3 nitrogen and oxygen atoms in total. The largest absolute Gasteiger partial charge is 0.497 e. The number of nitrogens with one attached hydrogen (secondary N) is 1. The SMILES string of the molecule is COc1ccc(NC(=S)SCC(=O)c2ccc(Cl)cc2)cc1. The number of thioether (sulfide) groups is 1. The quantitative estimate of drug-likeness (QED) is 0.626. The molecular formula is C16H14ClNO2S2. The summed E-state index contributed by atoms with van der Waals surface area (Å²) in [5.41, 5.74) is 1.49. The molecule has 0 amide bonds. The second-order valence-corrected chi connectivity index (χ2v) is 6.45.